The van der Waals surface area contributed by atoms with E-state index in [9.17, 15) is 28.1 Å². The molecule has 132 valence electrons. The maximum absolute atomic E-state index is 12.5. The zero-order chi connectivity index (χ0) is 18.6. The van der Waals surface area contributed by atoms with E-state index in [0.717, 1.165) is 12.1 Å². The molecule has 0 saturated heterocycles. The van der Waals surface area contributed by atoms with Crippen molar-refractivity contribution in [3.63, 3.8) is 0 Å². The lowest BCUT2D eigenvalue weighted by Gasteiger charge is -2.09. The van der Waals surface area contributed by atoms with Crippen LogP contribution in [0.4, 0.5) is 18.9 Å². The molecule has 0 radical (unpaired) electrons. The molecule has 0 heterocycles. The van der Waals surface area contributed by atoms with Crippen LogP contribution in [0.2, 0.25) is 0 Å². The Morgan fingerprint density at radius 2 is 1.80 bits per heavy atom. The Bertz CT molecular complexity index is 787. The van der Waals surface area contributed by atoms with Crippen molar-refractivity contribution in [1.29, 1.82) is 0 Å². The molecule has 0 aliphatic heterocycles. The molecule has 0 unspecified atom stereocenters. The minimum atomic E-state index is -4.39. The van der Waals surface area contributed by atoms with Crippen LogP contribution in [0.1, 0.15) is 27.0 Å². The van der Waals surface area contributed by atoms with Gasteiger partial charge in [0.05, 0.1) is 10.5 Å². The number of nitrogens with zero attached hydrogens (tertiary/aromatic N) is 1. The number of hydrogen-bond donors (Lipinski definition) is 1. The molecule has 0 aromatic heterocycles. The van der Waals surface area contributed by atoms with E-state index in [-0.39, 0.29) is 17.8 Å². The molecule has 2 aromatic rings. The number of nitro groups is 1. The summed E-state index contributed by atoms with van der Waals surface area (Å²) in [6, 6.07) is 9.07. The number of para-hydroxylation sites is 1. The smallest absolute Gasteiger partial charge is 0.351 e. The van der Waals surface area contributed by atoms with Gasteiger partial charge in [-0.05, 0) is 37.1 Å². The summed E-state index contributed by atoms with van der Waals surface area (Å²) in [5.41, 5.74) is -0.0462. The number of rotatable bonds is 5. The Hall–Kier alpha value is -2.90. The second kappa shape index (κ2) is 7.33. The molecular formula is C17H15F3N2O3. The fourth-order valence-corrected chi connectivity index (χ4v) is 2.36. The molecular weight excluding hydrogens is 337 g/mol. The molecule has 0 bridgehead atoms. The minimum Gasteiger partial charge on any atom is -0.351 e. The van der Waals surface area contributed by atoms with Crippen LogP contribution < -0.4 is 5.32 Å². The second-order valence-corrected chi connectivity index (χ2v) is 5.43. The van der Waals surface area contributed by atoms with Crippen molar-refractivity contribution in [3.05, 3.63) is 74.8 Å². The van der Waals surface area contributed by atoms with Gasteiger partial charge in [-0.15, -0.1) is 0 Å². The quantitative estimate of drug-likeness (QED) is 0.655. The summed E-state index contributed by atoms with van der Waals surface area (Å²) in [5.74, 6) is -0.595. The number of carbonyl (C=O) groups is 1. The highest BCUT2D eigenvalue weighted by Gasteiger charge is 2.29. The van der Waals surface area contributed by atoms with Crippen molar-refractivity contribution >= 4 is 11.6 Å². The topological polar surface area (TPSA) is 72.2 Å². The molecule has 0 aliphatic rings. The SMILES string of the molecule is Cc1cccc(C(=O)NCCc2ccc(C(F)(F)F)cc2)c1[N+](=O)[O-]. The highest BCUT2D eigenvalue weighted by molar-refractivity contribution is 5.98. The number of benzene rings is 2. The predicted octanol–water partition coefficient (Wildman–Crippen LogP) is 3.89. The first-order valence-electron chi connectivity index (χ1n) is 7.38. The molecule has 8 heteroatoms. The Labute approximate surface area is 141 Å². The van der Waals surface area contributed by atoms with Crippen LogP contribution in [-0.4, -0.2) is 17.4 Å². The third-order valence-corrected chi connectivity index (χ3v) is 3.65. The summed E-state index contributed by atoms with van der Waals surface area (Å²) < 4.78 is 37.5. The van der Waals surface area contributed by atoms with Crippen molar-refractivity contribution in [2.75, 3.05) is 6.54 Å². The van der Waals surface area contributed by atoms with Crippen molar-refractivity contribution < 1.29 is 22.9 Å². The van der Waals surface area contributed by atoms with E-state index in [2.05, 4.69) is 5.32 Å². The van der Waals surface area contributed by atoms with E-state index >= 15 is 0 Å². The zero-order valence-electron chi connectivity index (χ0n) is 13.3. The van der Waals surface area contributed by atoms with Crippen molar-refractivity contribution in [2.45, 2.75) is 19.5 Å². The number of nitro benzene ring substituents is 1. The maximum Gasteiger partial charge on any atom is 0.416 e. The van der Waals surface area contributed by atoms with Crippen LogP contribution in [0, 0.1) is 17.0 Å². The zero-order valence-corrected chi connectivity index (χ0v) is 13.3. The fourth-order valence-electron chi connectivity index (χ4n) is 2.36. The predicted molar refractivity (Wildman–Crippen MR) is 85.3 cm³/mol. The van der Waals surface area contributed by atoms with E-state index in [1.165, 1.54) is 31.2 Å². The maximum atomic E-state index is 12.5. The molecule has 0 spiro atoms. The molecule has 0 aliphatic carbocycles. The van der Waals surface area contributed by atoms with Crippen molar-refractivity contribution in [3.8, 4) is 0 Å². The molecule has 0 fully saturated rings. The molecule has 5 nitrogen and oxygen atoms in total. The summed E-state index contributed by atoms with van der Waals surface area (Å²) in [7, 11) is 0. The van der Waals surface area contributed by atoms with Crippen LogP contribution in [0.25, 0.3) is 0 Å². The van der Waals surface area contributed by atoms with E-state index in [1.54, 1.807) is 6.07 Å². The molecule has 2 rings (SSSR count). The Morgan fingerprint density at radius 1 is 1.16 bits per heavy atom. The first-order valence-corrected chi connectivity index (χ1v) is 7.38. The van der Waals surface area contributed by atoms with Gasteiger partial charge in [0.15, 0.2) is 0 Å². The lowest BCUT2D eigenvalue weighted by Crippen LogP contribution is -2.26. The van der Waals surface area contributed by atoms with Gasteiger partial charge in [-0.3, -0.25) is 14.9 Å². The van der Waals surface area contributed by atoms with Crippen LogP contribution >= 0.6 is 0 Å². The van der Waals surface area contributed by atoms with E-state index in [0.29, 0.717) is 17.5 Å². The van der Waals surface area contributed by atoms with Gasteiger partial charge in [0.25, 0.3) is 11.6 Å². The van der Waals surface area contributed by atoms with Crippen LogP contribution in [0.15, 0.2) is 42.5 Å². The molecule has 1 N–H and O–H groups in total. The summed E-state index contributed by atoms with van der Waals surface area (Å²) >= 11 is 0. The number of alkyl halides is 3. The van der Waals surface area contributed by atoms with Crippen molar-refractivity contribution in [1.82, 2.24) is 5.32 Å². The number of halogens is 3. The normalized spacial score (nSPS) is 11.2. The van der Waals surface area contributed by atoms with Crippen molar-refractivity contribution in [2.24, 2.45) is 0 Å². The van der Waals surface area contributed by atoms with Gasteiger partial charge in [-0.2, -0.15) is 13.2 Å². The number of carbonyl (C=O) groups excluding carboxylic acids is 1. The van der Waals surface area contributed by atoms with E-state index in [1.807, 2.05) is 0 Å². The van der Waals surface area contributed by atoms with Crippen LogP contribution in [0.5, 0.6) is 0 Å². The average Bonchev–Trinajstić information content (AvgIpc) is 2.53. The van der Waals surface area contributed by atoms with Gasteiger partial charge >= 0.3 is 6.18 Å². The minimum absolute atomic E-state index is 0.0441. The standard InChI is InChI=1S/C17H15F3N2O3/c1-11-3-2-4-14(15(11)22(24)25)16(23)21-10-9-12-5-7-13(8-6-12)17(18,19)20/h2-8H,9-10H2,1H3,(H,21,23). The number of hydrogen-bond acceptors (Lipinski definition) is 3. The summed E-state index contributed by atoms with van der Waals surface area (Å²) in [6.45, 7) is 1.69. The Kier molecular flexibility index (Phi) is 5.41. The van der Waals surface area contributed by atoms with Gasteiger partial charge in [-0.1, -0.05) is 24.3 Å². The molecule has 25 heavy (non-hydrogen) atoms. The number of aryl methyl sites for hydroxylation is 1. The van der Waals surface area contributed by atoms with Gasteiger partial charge in [0, 0.05) is 12.1 Å². The lowest BCUT2D eigenvalue weighted by molar-refractivity contribution is -0.385. The lowest BCUT2D eigenvalue weighted by atomic mass is 10.1. The van der Waals surface area contributed by atoms with Gasteiger partial charge in [0.1, 0.15) is 5.56 Å². The van der Waals surface area contributed by atoms with Gasteiger partial charge in [-0.25, -0.2) is 0 Å². The van der Waals surface area contributed by atoms with E-state index in [4.69, 9.17) is 0 Å². The summed E-state index contributed by atoms with van der Waals surface area (Å²) in [4.78, 5) is 22.6. The highest BCUT2D eigenvalue weighted by atomic mass is 19.4. The largest absolute Gasteiger partial charge is 0.416 e. The Balaban J connectivity index is 2.00. The van der Waals surface area contributed by atoms with Crippen LogP contribution in [0.3, 0.4) is 0 Å². The Morgan fingerprint density at radius 3 is 2.36 bits per heavy atom. The number of amides is 1. The average molecular weight is 352 g/mol. The summed E-state index contributed by atoms with van der Waals surface area (Å²) in [5, 5.41) is 13.6. The third kappa shape index (κ3) is 4.56. The van der Waals surface area contributed by atoms with Gasteiger partial charge in [0.2, 0.25) is 0 Å². The molecule has 0 atom stereocenters. The van der Waals surface area contributed by atoms with Gasteiger partial charge < -0.3 is 5.32 Å². The third-order valence-electron chi connectivity index (χ3n) is 3.65. The highest BCUT2D eigenvalue weighted by Crippen LogP contribution is 2.29. The molecule has 0 saturated carbocycles. The molecule has 1 amide bonds. The monoisotopic (exact) mass is 352 g/mol. The summed E-state index contributed by atoms with van der Waals surface area (Å²) in [6.07, 6.45) is -4.08. The van der Waals surface area contributed by atoms with E-state index < -0.39 is 22.6 Å². The number of nitrogens with one attached hydrogen (secondary N) is 1. The molecule has 2 aromatic carbocycles. The first-order chi connectivity index (χ1) is 11.7. The first kappa shape index (κ1) is 18.4. The fraction of sp³-hybridized carbons (Fsp3) is 0.235. The van der Waals surface area contributed by atoms with Crippen LogP contribution in [-0.2, 0) is 12.6 Å². The second-order valence-electron chi connectivity index (χ2n) is 5.43.